The Morgan fingerprint density at radius 1 is 1.03 bits per heavy atom. The van der Waals surface area contributed by atoms with Gasteiger partial charge in [-0.25, -0.2) is 28.7 Å². The molecule has 0 aliphatic rings. The van der Waals surface area contributed by atoms with Crippen molar-refractivity contribution in [3.05, 3.63) is 71.4 Å². The second kappa shape index (κ2) is 7.69. The number of hydrogen-bond acceptors (Lipinski definition) is 6. The minimum atomic E-state index is -0.546. The first kappa shape index (κ1) is 20.1. The third-order valence-corrected chi connectivity index (χ3v) is 5.22. The smallest absolute Gasteiger partial charge is 0.160 e. The van der Waals surface area contributed by atoms with Crippen LogP contribution in [0, 0.1) is 18.6 Å². The number of hydrogen-bond donors (Lipinski definition) is 1. The minimum Gasteiger partial charge on any atom is -0.457 e. The summed E-state index contributed by atoms with van der Waals surface area (Å²) in [7, 11) is 1.70. The van der Waals surface area contributed by atoms with Gasteiger partial charge >= 0.3 is 0 Å². The van der Waals surface area contributed by atoms with Crippen LogP contribution < -0.4 is 10.1 Å². The summed E-state index contributed by atoms with van der Waals surface area (Å²) in [6.07, 6.45) is 2.87. The Morgan fingerprint density at radius 3 is 2.72 bits per heavy atom. The molecule has 5 aromatic rings. The number of pyridine rings is 1. The molecule has 0 aliphatic heterocycles. The van der Waals surface area contributed by atoms with Crippen molar-refractivity contribution in [3.63, 3.8) is 0 Å². The van der Waals surface area contributed by atoms with Gasteiger partial charge in [0.15, 0.2) is 17.5 Å². The van der Waals surface area contributed by atoms with E-state index in [-0.39, 0.29) is 27.9 Å². The number of halogens is 3. The van der Waals surface area contributed by atoms with E-state index < -0.39 is 11.6 Å². The SMILES string of the molecule is Cc1c(Oc2cc(F)c3c(c2)ncn3C)ccc(Nc2ncnc3ccc(Cl)nc23)c1F. The van der Waals surface area contributed by atoms with Crippen LogP contribution >= 0.6 is 11.6 Å². The predicted octanol–water partition coefficient (Wildman–Crippen LogP) is 5.69. The maximum absolute atomic E-state index is 15.1. The molecular weight excluding hydrogens is 438 g/mol. The number of imidazole rings is 1. The zero-order chi connectivity index (χ0) is 22.4. The summed E-state index contributed by atoms with van der Waals surface area (Å²) in [5.74, 6) is -0.243. The molecule has 0 amide bonds. The quantitative estimate of drug-likeness (QED) is 0.353. The van der Waals surface area contributed by atoms with Gasteiger partial charge in [0.05, 0.1) is 23.0 Å². The Morgan fingerprint density at radius 2 is 1.88 bits per heavy atom. The van der Waals surface area contributed by atoms with Gasteiger partial charge in [0.1, 0.15) is 34.0 Å². The lowest BCUT2D eigenvalue weighted by Gasteiger charge is -2.14. The van der Waals surface area contributed by atoms with Gasteiger partial charge in [-0.1, -0.05) is 11.6 Å². The highest BCUT2D eigenvalue weighted by Crippen LogP contribution is 2.34. The zero-order valence-corrected chi connectivity index (χ0v) is 17.7. The van der Waals surface area contributed by atoms with E-state index in [4.69, 9.17) is 16.3 Å². The van der Waals surface area contributed by atoms with E-state index in [1.807, 2.05) is 0 Å². The van der Waals surface area contributed by atoms with Gasteiger partial charge < -0.3 is 14.6 Å². The van der Waals surface area contributed by atoms with Crippen LogP contribution in [0.25, 0.3) is 22.1 Å². The molecule has 0 bridgehead atoms. The van der Waals surface area contributed by atoms with Crippen molar-refractivity contribution < 1.29 is 13.5 Å². The van der Waals surface area contributed by atoms with E-state index in [9.17, 15) is 4.39 Å². The lowest BCUT2D eigenvalue weighted by molar-refractivity contribution is 0.468. The molecule has 0 fully saturated rings. The van der Waals surface area contributed by atoms with Crippen LogP contribution in [-0.2, 0) is 7.05 Å². The largest absolute Gasteiger partial charge is 0.457 e. The molecule has 0 atom stereocenters. The molecule has 0 saturated carbocycles. The lowest BCUT2D eigenvalue weighted by atomic mass is 10.1. The van der Waals surface area contributed by atoms with Crippen LogP contribution in [-0.4, -0.2) is 24.5 Å². The van der Waals surface area contributed by atoms with E-state index in [1.54, 1.807) is 42.8 Å². The van der Waals surface area contributed by atoms with Crippen molar-refractivity contribution in [3.8, 4) is 11.5 Å². The summed E-state index contributed by atoms with van der Waals surface area (Å²) in [6.45, 7) is 1.57. The minimum absolute atomic E-state index is 0.169. The van der Waals surface area contributed by atoms with Crippen LogP contribution in [0.2, 0.25) is 5.15 Å². The first-order valence-corrected chi connectivity index (χ1v) is 9.90. The number of aromatic nitrogens is 5. The molecular formula is C22H15ClF2N6O. The second-order valence-corrected chi connectivity index (χ2v) is 7.52. The summed E-state index contributed by atoms with van der Waals surface area (Å²) in [4.78, 5) is 16.7. The Hall–Kier alpha value is -3.85. The van der Waals surface area contributed by atoms with Crippen LogP contribution in [0.15, 0.2) is 49.1 Å². The lowest BCUT2D eigenvalue weighted by Crippen LogP contribution is -2.01. The van der Waals surface area contributed by atoms with Gasteiger partial charge in [0, 0.05) is 24.7 Å². The molecule has 0 aliphatic carbocycles. The Kier molecular flexibility index (Phi) is 4.82. The molecule has 10 heteroatoms. The van der Waals surface area contributed by atoms with Crippen molar-refractivity contribution in [1.82, 2.24) is 24.5 Å². The maximum Gasteiger partial charge on any atom is 0.160 e. The molecule has 0 saturated heterocycles. The molecule has 3 heterocycles. The Bertz CT molecular complexity index is 1500. The van der Waals surface area contributed by atoms with E-state index >= 15 is 4.39 Å². The highest BCUT2D eigenvalue weighted by Gasteiger charge is 2.16. The maximum atomic E-state index is 15.1. The highest BCUT2D eigenvalue weighted by molar-refractivity contribution is 6.29. The average molecular weight is 453 g/mol. The monoisotopic (exact) mass is 452 g/mol. The van der Waals surface area contributed by atoms with Gasteiger partial charge in [0.25, 0.3) is 0 Å². The third-order valence-electron chi connectivity index (χ3n) is 5.01. The normalized spacial score (nSPS) is 11.3. The van der Waals surface area contributed by atoms with Gasteiger partial charge in [-0.05, 0) is 31.2 Å². The number of aryl methyl sites for hydroxylation is 1. The number of nitrogens with zero attached hydrogens (tertiary/aromatic N) is 5. The first-order chi connectivity index (χ1) is 15.4. The fourth-order valence-electron chi connectivity index (χ4n) is 3.41. The molecule has 7 nitrogen and oxygen atoms in total. The predicted molar refractivity (Wildman–Crippen MR) is 118 cm³/mol. The van der Waals surface area contributed by atoms with Crippen molar-refractivity contribution in [1.29, 1.82) is 0 Å². The number of rotatable bonds is 4. The third kappa shape index (κ3) is 3.46. The molecule has 0 radical (unpaired) electrons. The topological polar surface area (TPSA) is 77.8 Å². The fraction of sp³-hybridized carbons (Fsp3) is 0.0909. The van der Waals surface area contributed by atoms with Crippen LogP contribution in [0.1, 0.15) is 5.56 Å². The molecule has 2 aromatic carbocycles. The average Bonchev–Trinajstić information content (AvgIpc) is 3.15. The molecule has 160 valence electrons. The van der Waals surface area contributed by atoms with Gasteiger partial charge in [-0.15, -0.1) is 0 Å². The van der Waals surface area contributed by atoms with Crippen molar-refractivity contribution in [2.75, 3.05) is 5.32 Å². The number of benzene rings is 2. The van der Waals surface area contributed by atoms with Gasteiger partial charge in [-0.3, -0.25) is 0 Å². The summed E-state index contributed by atoms with van der Waals surface area (Å²) < 4.78 is 36.9. The van der Waals surface area contributed by atoms with Gasteiger partial charge in [-0.2, -0.15) is 0 Å². The molecule has 5 rings (SSSR count). The fourth-order valence-corrected chi connectivity index (χ4v) is 3.56. The number of fused-ring (bicyclic) bond motifs is 2. The van der Waals surface area contributed by atoms with Crippen LogP contribution in [0.3, 0.4) is 0 Å². The summed E-state index contributed by atoms with van der Waals surface area (Å²) in [5.41, 5.74) is 2.20. The van der Waals surface area contributed by atoms with Crippen molar-refractivity contribution in [2.24, 2.45) is 7.05 Å². The summed E-state index contributed by atoms with van der Waals surface area (Å²) >= 11 is 5.98. The second-order valence-electron chi connectivity index (χ2n) is 7.13. The molecule has 3 aromatic heterocycles. The van der Waals surface area contributed by atoms with Crippen molar-refractivity contribution in [2.45, 2.75) is 6.92 Å². The van der Waals surface area contributed by atoms with Crippen molar-refractivity contribution >= 4 is 45.2 Å². The van der Waals surface area contributed by atoms with Crippen LogP contribution in [0.4, 0.5) is 20.3 Å². The van der Waals surface area contributed by atoms with E-state index in [1.165, 1.54) is 24.8 Å². The zero-order valence-electron chi connectivity index (χ0n) is 16.9. The standard InChI is InChI=1S/C22H15ClF2N6O/c1-11-17(32-12-7-13(24)21-16(8-12)28-10-31(21)2)5-3-14(19(11)25)29-22-20-15(26-9-27-22)4-6-18(23)30-20/h3-10H,1-2H3,(H,26,27,29). The number of ether oxygens (including phenoxy) is 1. The summed E-state index contributed by atoms with van der Waals surface area (Å²) in [6, 6.07) is 9.26. The Labute approximate surface area is 185 Å². The van der Waals surface area contributed by atoms with E-state index in [2.05, 4.69) is 25.3 Å². The Balaban J connectivity index is 1.47. The van der Waals surface area contributed by atoms with Crippen LogP contribution in [0.5, 0.6) is 11.5 Å². The van der Waals surface area contributed by atoms with Gasteiger partial charge in [0.2, 0.25) is 0 Å². The first-order valence-electron chi connectivity index (χ1n) is 9.52. The van der Waals surface area contributed by atoms with E-state index in [0.29, 0.717) is 27.9 Å². The number of anilines is 2. The highest BCUT2D eigenvalue weighted by atomic mass is 35.5. The summed E-state index contributed by atoms with van der Waals surface area (Å²) in [5, 5.41) is 3.21. The van der Waals surface area contributed by atoms with E-state index in [0.717, 1.165) is 0 Å². The molecule has 0 unspecified atom stereocenters. The number of nitrogens with one attached hydrogen (secondary N) is 1. The molecule has 1 N–H and O–H groups in total. The molecule has 0 spiro atoms. The molecule has 32 heavy (non-hydrogen) atoms.